The number of guanidine groups is 1. The number of fused-ring (bicyclic) bond motifs is 1. The minimum Gasteiger partial charge on any atom is -0.379 e. The predicted molar refractivity (Wildman–Crippen MR) is 115 cm³/mol. The molecular weight excluding hydrogens is 382 g/mol. The summed E-state index contributed by atoms with van der Waals surface area (Å²) in [5.74, 6) is 2.71. The van der Waals surface area contributed by atoms with E-state index in [9.17, 15) is 0 Å². The molecular formula is C21H29N7O2. The van der Waals surface area contributed by atoms with Gasteiger partial charge in [0.15, 0.2) is 5.82 Å². The summed E-state index contributed by atoms with van der Waals surface area (Å²) in [5, 5.41) is 0. The van der Waals surface area contributed by atoms with Crippen molar-refractivity contribution in [1.29, 1.82) is 0 Å². The highest BCUT2D eigenvalue weighted by Crippen LogP contribution is 2.31. The zero-order valence-electron chi connectivity index (χ0n) is 17.6. The summed E-state index contributed by atoms with van der Waals surface area (Å²) in [5.41, 5.74) is 0. The first-order valence-corrected chi connectivity index (χ1v) is 10.8. The van der Waals surface area contributed by atoms with E-state index >= 15 is 0 Å². The highest BCUT2D eigenvalue weighted by Gasteiger charge is 2.43. The number of dihydropyridines is 1. The first-order chi connectivity index (χ1) is 14.7. The SMILES string of the molecule is CC1CN(C2=NC(N3CCOCC3)C3C=CCN=C3N2c2cnccn2)CC(C)O1. The molecule has 5 rings (SSSR count). The minimum absolute atomic E-state index is 0.000536. The van der Waals surface area contributed by atoms with Crippen molar-refractivity contribution in [3.63, 3.8) is 0 Å². The molecule has 4 unspecified atom stereocenters. The zero-order chi connectivity index (χ0) is 20.5. The average molecular weight is 412 g/mol. The van der Waals surface area contributed by atoms with E-state index in [-0.39, 0.29) is 24.3 Å². The van der Waals surface area contributed by atoms with Gasteiger partial charge in [0.05, 0.1) is 44.1 Å². The summed E-state index contributed by atoms with van der Waals surface area (Å²) in [4.78, 5) is 26.0. The summed E-state index contributed by atoms with van der Waals surface area (Å²) in [6.45, 7) is 9.69. The van der Waals surface area contributed by atoms with Crippen molar-refractivity contribution in [2.45, 2.75) is 32.2 Å². The molecule has 1 aromatic rings. The lowest BCUT2D eigenvalue weighted by molar-refractivity contribution is -0.0489. The first kappa shape index (κ1) is 19.6. The van der Waals surface area contributed by atoms with E-state index in [0.717, 1.165) is 57.0 Å². The minimum atomic E-state index is 0.000536. The lowest BCUT2D eigenvalue weighted by Crippen LogP contribution is -2.62. The van der Waals surface area contributed by atoms with Crippen LogP contribution in [-0.4, -0.2) is 95.9 Å². The zero-order valence-corrected chi connectivity index (χ0v) is 17.6. The monoisotopic (exact) mass is 411 g/mol. The van der Waals surface area contributed by atoms with Crippen molar-refractivity contribution < 1.29 is 9.47 Å². The molecule has 160 valence electrons. The van der Waals surface area contributed by atoms with Crippen LogP contribution in [0.25, 0.3) is 0 Å². The second kappa shape index (κ2) is 8.41. The molecule has 0 radical (unpaired) electrons. The van der Waals surface area contributed by atoms with Gasteiger partial charge in [-0.1, -0.05) is 12.2 Å². The van der Waals surface area contributed by atoms with E-state index < -0.39 is 0 Å². The summed E-state index contributed by atoms with van der Waals surface area (Å²) >= 11 is 0. The van der Waals surface area contributed by atoms with Crippen LogP contribution in [0.3, 0.4) is 0 Å². The fourth-order valence-electron chi connectivity index (χ4n) is 4.70. The lowest BCUT2D eigenvalue weighted by Gasteiger charge is -2.47. The quantitative estimate of drug-likeness (QED) is 0.672. The van der Waals surface area contributed by atoms with Gasteiger partial charge in [0.1, 0.15) is 12.0 Å². The van der Waals surface area contributed by atoms with Crippen molar-refractivity contribution in [3.05, 3.63) is 30.7 Å². The van der Waals surface area contributed by atoms with Crippen LogP contribution in [0.2, 0.25) is 0 Å². The number of aliphatic imine (C=N–C) groups is 2. The van der Waals surface area contributed by atoms with E-state index in [1.54, 1.807) is 18.6 Å². The molecule has 4 atom stereocenters. The Labute approximate surface area is 177 Å². The smallest absolute Gasteiger partial charge is 0.209 e. The maximum atomic E-state index is 5.99. The normalized spacial score (nSPS) is 32.5. The van der Waals surface area contributed by atoms with Crippen LogP contribution in [0, 0.1) is 5.92 Å². The number of ether oxygens (including phenoxy) is 2. The van der Waals surface area contributed by atoms with Crippen LogP contribution >= 0.6 is 0 Å². The number of rotatable bonds is 2. The molecule has 0 saturated carbocycles. The average Bonchev–Trinajstić information content (AvgIpc) is 2.78. The fourth-order valence-corrected chi connectivity index (χ4v) is 4.70. The van der Waals surface area contributed by atoms with Crippen LogP contribution in [0.4, 0.5) is 5.82 Å². The molecule has 9 nitrogen and oxygen atoms in total. The standard InChI is InChI=1S/C21H29N7O2/c1-15-13-27(14-16(2)30-15)21-25-20(26-8-10-29-11-9-26)17-4-3-5-24-19(17)28(21)18-12-22-6-7-23-18/h3-4,6-7,12,15-17,20H,5,8-11,13-14H2,1-2H3. The van der Waals surface area contributed by atoms with Crippen LogP contribution in [0.1, 0.15) is 13.8 Å². The van der Waals surface area contributed by atoms with Gasteiger partial charge in [-0.2, -0.15) is 0 Å². The summed E-state index contributed by atoms with van der Waals surface area (Å²) in [7, 11) is 0. The third-order valence-electron chi connectivity index (χ3n) is 5.90. The van der Waals surface area contributed by atoms with Gasteiger partial charge in [0, 0.05) is 38.6 Å². The van der Waals surface area contributed by atoms with Crippen molar-refractivity contribution in [3.8, 4) is 0 Å². The van der Waals surface area contributed by atoms with Crippen LogP contribution in [0.15, 0.2) is 40.7 Å². The molecule has 0 spiro atoms. The molecule has 0 amide bonds. The van der Waals surface area contributed by atoms with Crippen molar-refractivity contribution in [2.24, 2.45) is 15.9 Å². The van der Waals surface area contributed by atoms with Crippen molar-refractivity contribution in [2.75, 3.05) is 50.8 Å². The third-order valence-corrected chi connectivity index (χ3v) is 5.90. The number of nitrogens with zero attached hydrogens (tertiary/aromatic N) is 7. The largest absolute Gasteiger partial charge is 0.379 e. The van der Waals surface area contributed by atoms with E-state index in [0.29, 0.717) is 6.54 Å². The number of anilines is 1. The Kier molecular flexibility index (Phi) is 5.49. The van der Waals surface area contributed by atoms with Gasteiger partial charge < -0.3 is 14.4 Å². The second-order valence-electron chi connectivity index (χ2n) is 8.21. The predicted octanol–water partition coefficient (Wildman–Crippen LogP) is 1.00. The first-order valence-electron chi connectivity index (χ1n) is 10.8. The number of aromatic nitrogens is 2. The van der Waals surface area contributed by atoms with E-state index in [1.807, 2.05) is 0 Å². The molecule has 1 aromatic heterocycles. The van der Waals surface area contributed by atoms with Gasteiger partial charge >= 0.3 is 0 Å². The lowest BCUT2D eigenvalue weighted by atomic mass is 9.97. The fraction of sp³-hybridized carbons (Fsp3) is 0.619. The molecule has 0 aromatic carbocycles. The van der Waals surface area contributed by atoms with Crippen molar-refractivity contribution >= 4 is 17.6 Å². The topological polar surface area (TPSA) is 78.7 Å². The molecule has 5 heterocycles. The molecule has 0 bridgehead atoms. The number of hydrogen-bond donors (Lipinski definition) is 0. The molecule has 9 heteroatoms. The molecule has 4 aliphatic heterocycles. The number of morpholine rings is 2. The maximum Gasteiger partial charge on any atom is 0.209 e. The van der Waals surface area contributed by atoms with Crippen molar-refractivity contribution in [1.82, 2.24) is 19.8 Å². The molecule has 4 aliphatic rings. The molecule has 2 saturated heterocycles. The maximum absolute atomic E-state index is 5.99. The van der Waals surface area contributed by atoms with Crippen LogP contribution in [-0.2, 0) is 9.47 Å². The molecule has 30 heavy (non-hydrogen) atoms. The van der Waals surface area contributed by atoms with Gasteiger partial charge in [-0.05, 0) is 13.8 Å². The van der Waals surface area contributed by atoms with E-state index in [2.05, 4.69) is 50.7 Å². The highest BCUT2D eigenvalue weighted by atomic mass is 16.5. The Bertz CT molecular complexity index is 827. The Hall–Kier alpha value is -2.36. The molecule has 0 N–H and O–H groups in total. The Morgan fingerprint density at radius 1 is 1.07 bits per heavy atom. The van der Waals surface area contributed by atoms with Gasteiger partial charge in [-0.3, -0.25) is 19.8 Å². The van der Waals surface area contributed by atoms with Crippen LogP contribution in [0.5, 0.6) is 0 Å². The summed E-state index contributed by atoms with van der Waals surface area (Å²) < 4.78 is 11.6. The highest BCUT2D eigenvalue weighted by molar-refractivity contribution is 6.20. The molecule has 0 aliphatic carbocycles. The van der Waals surface area contributed by atoms with E-state index in [1.165, 1.54) is 0 Å². The third kappa shape index (κ3) is 3.73. The Morgan fingerprint density at radius 3 is 2.60 bits per heavy atom. The Morgan fingerprint density at radius 2 is 1.87 bits per heavy atom. The summed E-state index contributed by atoms with van der Waals surface area (Å²) in [6, 6.07) is 0. The van der Waals surface area contributed by atoms with Gasteiger partial charge in [0.2, 0.25) is 5.96 Å². The van der Waals surface area contributed by atoms with Gasteiger partial charge in [0.25, 0.3) is 0 Å². The second-order valence-corrected chi connectivity index (χ2v) is 8.21. The number of amidine groups is 1. The number of hydrogen-bond acceptors (Lipinski definition) is 9. The van der Waals surface area contributed by atoms with Gasteiger partial charge in [-0.15, -0.1) is 0 Å². The van der Waals surface area contributed by atoms with Gasteiger partial charge in [-0.25, -0.2) is 9.98 Å². The van der Waals surface area contributed by atoms with Crippen LogP contribution < -0.4 is 4.90 Å². The summed E-state index contributed by atoms with van der Waals surface area (Å²) in [6.07, 6.45) is 9.85. The van der Waals surface area contributed by atoms with E-state index in [4.69, 9.17) is 19.5 Å². The molecule has 2 fully saturated rings. The Balaban J connectivity index is 1.59.